The molecule has 0 bridgehead atoms. The van der Waals surface area contributed by atoms with Crippen LogP contribution in [0, 0.1) is 0 Å². The molecule has 0 unspecified atom stereocenters. The van der Waals surface area contributed by atoms with Crippen LogP contribution in [0.1, 0.15) is 34.6 Å². The Morgan fingerprint density at radius 3 is 1.67 bits per heavy atom. The van der Waals surface area contributed by atoms with E-state index in [9.17, 15) is 0 Å². The first-order valence-corrected chi connectivity index (χ1v) is 4.54. The largest absolute Gasteiger partial charge is 0.259 e. The van der Waals surface area contributed by atoms with Crippen molar-refractivity contribution in [1.29, 1.82) is 0 Å². The monoisotopic (exact) mass is 169 g/mol. The van der Waals surface area contributed by atoms with Crippen LogP contribution < -0.4 is 0 Å². The number of likely N-dealkylation sites (N-methyl/N-ethyl adjacent to an activating group) is 2. The molecular formula is C10H21N2+. The van der Waals surface area contributed by atoms with Crippen molar-refractivity contribution in [2.75, 3.05) is 14.1 Å². The van der Waals surface area contributed by atoms with Crippen molar-refractivity contribution < 1.29 is 4.58 Å². The van der Waals surface area contributed by atoms with Crippen LogP contribution in [0.15, 0.2) is 0 Å². The lowest BCUT2D eigenvalue weighted by molar-refractivity contribution is -0.574. The van der Waals surface area contributed by atoms with E-state index in [2.05, 4.69) is 58.2 Å². The molecule has 0 fully saturated rings. The minimum Gasteiger partial charge on any atom is -0.259 e. The Balaban J connectivity index is 3.22. The Hall–Kier alpha value is -0.530. The van der Waals surface area contributed by atoms with Crippen LogP contribution in [0.4, 0.5) is 0 Å². The summed E-state index contributed by atoms with van der Waals surface area (Å²) < 4.78 is 2.35. The standard InChI is InChI=1S/C10H21N2/c1-8-11(6)9(2,3)10(4,5)12(8)7/h1-7H3/q+1. The van der Waals surface area contributed by atoms with Crippen molar-refractivity contribution in [1.82, 2.24) is 4.90 Å². The molecule has 0 saturated heterocycles. The summed E-state index contributed by atoms with van der Waals surface area (Å²) in [6.45, 7) is 11.3. The van der Waals surface area contributed by atoms with E-state index in [-0.39, 0.29) is 11.1 Å². The molecule has 0 amide bonds. The lowest BCUT2D eigenvalue weighted by atomic mass is 9.83. The van der Waals surface area contributed by atoms with Crippen LogP contribution in [0.2, 0.25) is 0 Å². The molecule has 0 spiro atoms. The molecule has 0 N–H and O–H groups in total. The first kappa shape index (κ1) is 9.56. The molecule has 0 aromatic heterocycles. The van der Waals surface area contributed by atoms with Gasteiger partial charge in [-0.2, -0.15) is 0 Å². The molecule has 0 aromatic rings. The van der Waals surface area contributed by atoms with E-state index in [0.717, 1.165) is 0 Å². The van der Waals surface area contributed by atoms with Gasteiger partial charge < -0.3 is 0 Å². The lowest BCUT2D eigenvalue weighted by Crippen LogP contribution is -2.53. The molecule has 12 heavy (non-hydrogen) atoms. The van der Waals surface area contributed by atoms with Gasteiger partial charge in [0.15, 0.2) is 0 Å². The Morgan fingerprint density at radius 2 is 1.58 bits per heavy atom. The molecule has 70 valence electrons. The van der Waals surface area contributed by atoms with Crippen LogP contribution >= 0.6 is 0 Å². The van der Waals surface area contributed by atoms with Crippen LogP contribution in [0.25, 0.3) is 0 Å². The van der Waals surface area contributed by atoms with Gasteiger partial charge >= 0.3 is 0 Å². The minimum absolute atomic E-state index is 0.214. The Labute approximate surface area is 75.9 Å². The van der Waals surface area contributed by atoms with Gasteiger partial charge in [-0.15, -0.1) is 0 Å². The summed E-state index contributed by atoms with van der Waals surface area (Å²) in [7, 11) is 4.33. The third-order valence-corrected chi connectivity index (χ3v) is 4.15. The van der Waals surface area contributed by atoms with Crippen molar-refractivity contribution in [2.45, 2.75) is 45.7 Å². The van der Waals surface area contributed by atoms with Gasteiger partial charge in [-0.25, -0.2) is 0 Å². The maximum Gasteiger partial charge on any atom is 0.244 e. The van der Waals surface area contributed by atoms with Crippen molar-refractivity contribution >= 4 is 5.84 Å². The highest BCUT2D eigenvalue weighted by Gasteiger charge is 2.55. The van der Waals surface area contributed by atoms with Gasteiger partial charge in [0, 0.05) is 6.92 Å². The predicted octanol–water partition coefficient (Wildman–Crippen LogP) is 1.55. The quantitative estimate of drug-likeness (QED) is 0.499. The summed E-state index contributed by atoms with van der Waals surface area (Å²) in [5.41, 5.74) is 0.428. The maximum atomic E-state index is 2.35. The highest BCUT2D eigenvalue weighted by molar-refractivity contribution is 5.77. The fourth-order valence-electron chi connectivity index (χ4n) is 1.85. The zero-order valence-corrected chi connectivity index (χ0v) is 9.39. The molecule has 0 aromatic carbocycles. The third-order valence-electron chi connectivity index (χ3n) is 4.15. The SMILES string of the molecule is CC1=[N+](C)C(C)(C)C(C)(C)N1C. The van der Waals surface area contributed by atoms with Crippen LogP contribution in [-0.4, -0.2) is 40.5 Å². The molecular weight excluding hydrogens is 148 g/mol. The van der Waals surface area contributed by atoms with Crippen molar-refractivity contribution in [3.63, 3.8) is 0 Å². The van der Waals surface area contributed by atoms with Crippen LogP contribution in [0.3, 0.4) is 0 Å². The average Bonchev–Trinajstić information content (AvgIpc) is 2.05. The number of amidine groups is 1. The molecule has 0 radical (unpaired) electrons. The zero-order valence-electron chi connectivity index (χ0n) is 9.39. The summed E-state index contributed by atoms with van der Waals surface area (Å²) in [5, 5.41) is 0. The number of hydrogen-bond acceptors (Lipinski definition) is 1. The smallest absolute Gasteiger partial charge is 0.244 e. The fourth-order valence-corrected chi connectivity index (χ4v) is 1.85. The summed E-state index contributed by atoms with van der Waals surface area (Å²) in [6.07, 6.45) is 0. The van der Waals surface area contributed by atoms with Crippen molar-refractivity contribution in [3.8, 4) is 0 Å². The highest BCUT2D eigenvalue weighted by atomic mass is 15.4. The second-order valence-electron chi connectivity index (χ2n) is 4.78. The van der Waals surface area contributed by atoms with Crippen LogP contribution in [-0.2, 0) is 0 Å². The topological polar surface area (TPSA) is 6.25 Å². The van der Waals surface area contributed by atoms with Gasteiger partial charge in [0.2, 0.25) is 5.84 Å². The molecule has 1 aliphatic heterocycles. The van der Waals surface area contributed by atoms with E-state index in [0.29, 0.717) is 0 Å². The summed E-state index contributed by atoms with van der Waals surface area (Å²) in [6, 6.07) is 0. The van der Waals surface area contributed by atoms with Gasteiger partial charge in [-0.05, 0) is 27.7 Å². The summed E-state index contributed by atoms with van der Waals surface area (Å²) in [4.78, 5) is 2.35. The molecule has 1 rings (SSSR count). The second-order valence-corrected chi connectivity index (χ2v) is 4.78. The predicted molar refractivity (Wildman–Crippen MR) is 52.8 cm³/mol. The second kappa shape index (κ2) is 2.24. The van der Waals surface area contributed by atoms with Gasteiger partial charge in [0.1, 0.15) is 11.1 Å². The van der Waals surface area contributed by atoms with E-state index in [1.54, 1.807) is 0 Å². The average molecular weight is 169 g/mol. The van der Waals surface area contributed by atoms with Gasteiger partial charge in [-0.3, -0.25) is 9.48 Å². The van der Waals surface area contributed by atoms with Gasteiger partial charge in [0.05, 0.1) is 14.1 Å². The van der Waals surface area contributed by atoms with Crippen LogP contribution in [0.5, 0.6) is 0 Å². The van der Waals surface area contributed by atoms with Crippen molar-refractivity contribution in [2.24, 2.45) is 0 Å². The number of nitrogens with zero attached hydrogens (tertiary/aromatic N) is 2. The highest BCUT2D eigenvalue weighted by Crippen LogP contribution is 2.34. The molecule has 0 saturated carbocycles. The normalized spacial score (nSPS) is 26.8. The molecule has 1 heterocycles. The Bertz CT molecular complexity index is 236. The van der Waals surface area contributed by atoms with Gasteiger partial charge in [0.25, 0.3) is 0 Å². The lowest BCUT2D eigenvalue weighted by Gasteiger charge is -2.34. The van der Waals surface area contributed by atoms with E-state index in [4.69, 9.17) is 0 Å². The molecule has 0 atom stereocenters. The summed E-state index contributed by atoms with van der Waals surface area (Å²) >= 11 is 0. The van der Waals surface area contributed by atoms with E-state index < -0.39 is 0 Å². The Kier molecular flexibility index (Phi) is 1.78. The van der Waals surface area contributed by atoms with Crippen molar-refractivity contribution in [3.05, 3.63) is 0 Å². The summed E-state index contributed by atoms with van der Waals surface area (Å²) in [5.74, 6) is 1.35. The van der Waals surface area contributed by atoms with E-state index in [1.165, 1.54) is 5.84 Å². The van der Waals surface area contributed by atoms with E-state index in [1.807, 2.05) is 0 Å². The van der Waals surface area contributed by atoms with E-state index >= 15 is 0 Å². The molecule has 2 nitrogen and oxygen atoms in total. The first-order chi connectivity index (χ1) is 5.23. The number of hydrogen-bond donors (Lipinski definition) is 0. The fraction of sp³-hybridized carbons (Fsp3) is 0.900. The minimum atomic E-state index is 0.214. The third kappa shape index (κ3) is 0.838. The Morgan fingerprint density at radius 1 is 1.17 bits per heavy atom. The molecule has 0 aliphatic carbocycles. The zero-order chi connectivity index (χ0) is 9.73. The first-order valence-electron chi connectivity index (χ1n) is 4.54. The maximum absolute atomic E-state index is 2.35. The number of rotatable bonds is 0. The molecule has 1 aliphatic rings. The molecule has 2 heteroatoms. The van der Waals surface area contributed by atoms with Gasteiger partial charge in [-0.1, -0.05) is 0 Å².